The maximum Gasteiger partial charge on any atom is 0.326 e. The van der Waals surface area contributed by atoms with E-state index in [1.807, 2.05) is 0 Å². The van der Waals surface area contributed by atoms with Gasteiger partial charge in [-0.3, -0.25) is 9.59 Å². The molecular formula is C12H11BrFNO5. The summed E-state index contributed by atoms with van der Waals surface area (Å²) in [6, 6.07) is 2.41. The summed E-state index contributed by atoms with van der Waals surface area (Å²) in [7, 11) is 0. The quantitative estimate of drug-likeness (QED) is 0.725. The molecule has 1 aromatic rings. The first-order chi connectivity index (χ1) is 9.32. The average molecular weight is 348 g/mol. The van der Waals surface area contributed by atoms with Crippen LogP contribution in [0.4, 0.5) is 4.39 Å². The van der Waals surface area contributed by atoms with Crippen LogP contribution in [0.2, 0.25) is 0 Å². The van der Waals surface area contributed by atoms with Gasteiger partial charge in [0.15, 0.2) is 0 Å². The molecule has 0 radical (unpaired) electrons. The van der Waals surface area contributed by atoms with Crippen molar-refractivity contribution in [1.82, 2.24) is 5.32 Å². The molecule has 0 saturated carbocycles. The van der Waals surface area contributed by atoms with Crippen molar-refractivity contribution in [3.63, 3.8) is 0 Å². The van der Waals surface area contributed by atoms with E-state index in [1.54, 1.807) is 0 Å². The van der Waals surface area contributed by atoms with E-state index >= 15 is 0 Å². The van der Waals surface area contributed by atoms with Crippen LogP contribution in [-0.4, -0.2) is 34.1 Å². The third-order valence-corrected chi connectivity index (χ3v) is 3.25. The zero-order chi connectivity index (χ0) is 15.3. The highest BCUT2D eigenvalue weighted by Gasteiger charge is 2.23. The fraction of sp³-hybridized carbons (Fsp3) is 0.250. The van der Waals surface area contributed by atoms with Gasteiger partial charge in [0, 0.05) is 6.42 Å². The van der Waals surface area contributed by atoms with Crippen LogP contribution in [-0.2, 0) is 9.59 Å². The molecule has 0 aliphatic carbocycles. The molecule has 1 amide bonds. The van der Waals surface area contributed by atoms with Gasteiger partial charge < -0.3 is 15.5 Å². The second kappa shape index (κ2) is 6.99. The van der Waals surface area contributed by atoms with Crippen molar-refractivity contribution in [3.05, 3.63) is 34.1 Å². The lowest BCUT2D eigenvalue weighted by atomic mass is 10.1. The molecule has 1 aromatic carbocycles. The van der Waals surface area contributed by atoms with Gasteiger partial charge in [-0.1, -0.05) is 6.07 Å². The van der Waals surface area contributed by atoms with Crippen molar-refractivity contribution >= 4 is 33.8 Å². The Labute approximate surface area is 121 Å². The number of carbonyl (C=O) groups is 3. The number of halogens is 2. The van der Waals surface area contributed by atoms with Gasteiger partial charge in [0.1, 0.15) is 11.9 Å². The smallest absolute Gasteiger partial charge is 0.326 e. The topological polar surface area (TPSA) is 104 Å². The highest BCUT2D eigenvalue weighted by atomic mass is 79.9. The minimum atomic E-state index is -1.35. The molecule has 0 aliphatic heterocycles. The van der Waals surface area contributed by atoms with E-state index in [-0.39, 0.29) is 16.5 Å². The highest BCUT2D eigenvalue weighted by molar-refractivity contribution is 9.10. The normalized spacial score (nSPS) is 11.7. The number of carboxylic acid groups (broad SMARTS) is 2. The highest BCUT2D eigenvalue weighted by Crippen LogP contribution is 2.20. The first-order valence-electron chi connectivity index (χ1n) is 5.52. The summed E-state index contributed by atoms with van der Waals surface area (Å²) in [4.78, 5) is 33.2. The molecule has 0 aromatic heterocycles. The van der Waals surface area contributed by atoms with Crippen molar-refractivity contribution in [1.29, 1.82) is 0 Å². The summed E-state index contributed by atoms with van der Waals surface area (Å²) >= 11 is 2.89. The molecule has 8 heteroatoms. The molecule has 0 fully saturated rings. The van der Waals surface area contributed by atoms with Crippen LogP contribution < -0.4 is 5.32 Å². The number of carboxylic acids is 2. The number of hydrogen-bond donors (Lipinski definition) is 3. The molecule has 0 spiro atoms. The van der Waals surface area contributed by atoms with Gasteiger partial charge >= 0.3 is 11.9 Å². The second-order valence-electron chi connectivity index (χ2n) is 3.90. The fourth-order valence-electron chi connectivity index (χ4n) is 1.44. The third-order valence-electron chi connectivity index (χ3n) is 2.45. The zero-order valence-corrected chi connectivity index (χ0v) is 11.7. The molecule has 3 N–H and O–H groups in total. The molecule has 6 nitrogen and oxygen atoms in total. The van der Waals surface area contributed by atoms with E-state index in [0.29, 0.717) is 0 Å². The number of hydrogen-bond acceptors (Lipinski definition) is 3. The molecular weight excluding hydrogens is 337 g/mol. The van der Waals surface area contributed by atoms with Gasteiger partial charge in [-0.05, 0) is 34.5 Å². The molecule has 0 unspecified atom stereocenters. The Bertz CT molecular complexity index is 549. The van der Waals surface area contributed by atoms with Gasteiger partial charge in [-0.25, -0.2) is 9.18 Å². The Morgan fingerprint density at radius 3 is 2.50 bits per heavy atom. The van der Waals surface area contributed by atoms with Crippen LogP contribution in [0.1, 0.15) is 23.2 Å². The third kappa shape index (κ3) is 4.30. The predicted octanol–water partition coefficient (Wildman–Crippen LogP) is 1.64. The molecule has 1 rings (SSSR count). The number of carbonyl (C=O) groups excluding carboxylic acids is 1. The first-order valence-corrected chi connectivity index (χ1v) is 6.31. The Hall–Kier alpha value is -1.96. The minimum Gasteiger partial charge on any atom is -0.481 e. The van der Waals surface area contributed by atoms with Crippen LogP contribution in [0, 0.1) is 5.82 Å². The molecule has 0 bridgehead atoms. The Balaban J connectivity index is 2.83. The molecule has 1 atom stereocenters. The van der Waals surface area contributed by atoms with Gasteiger partial charge in [-0.15, -0.1) is 0 Å². The largest absolute Gasteiger partial charge is 0.481 e. The van der Waals surface area contributed by atoms with Gasteiger partial charge in [0.05, 0.1) is 10.0 Å². The first kappa shape index (κ1) is 16.1. The monoisotopic (exact) mass is 347 g/mol. The number of aliphatic carboxylic acids is 2. The fourth-order valence-corrected chi connectivity index (χ4v) is 1.88. The van der Waals surface area contributed by atoms with E-state index in [1.165, 1.54) is 12.1 Å². The van der Waals surface area contributed by atoms with Crippen molar-refractivity contribution in [2.45, 2.75) is 18.9 Å². The minimum absolute atomic E-state index is 0.0634. The number of rotatable bonds is 6. The second-order valence-corrected chi connectivity index (χ2v) is 4.69. The van der Waals surface area contributed by atoms with E-state index in [2.05, 4.69) is 21.2 Å². The molecule has 0 heterocycles. The Morgan fingerprint density at radius 1 is 1.30 bits per heavy atom. The molecule has 108 valence electrons. The summed E-state index contributed by atoms with van der Waals surface area (Å²) < 4.78 is 13.2. The van der Waals surface area contributed by atoms with Gasteiger partial charge in [0.2, 0.25) is 0 Å². The number of benzene rings is 1. The van der Waals surface area contributed by atoms with E-state index < -0.39 is 36.1 Å². The lowest BCUT2D eigenvalue weighted by Gasteiger charge is -2.14. The summed E-state index contributed by atoms with van der Waals surface area (Å²) in [5, 5.41) is 19.6. The Morgan fingerprint density at radius 2 is 1.95 bits per heavy atom. The number of nitrogens with one attached hydrogen (secondary N) is 1. The van der Waals surface area contributed by atoms with Crippen LogP contribution in [0.5, 0.6) is 0 Å². The van der Waals surface area contributed by atoms with Gasteiger partial charge in [-0.2, -0.15) is 0 Å². The van der Waals surface area contributed by atoms with Crippen molar-refractivity contribution in [2.24, 2.45) is 0 Å². The van der Waals surface area contributed by atoms with E-state index in [4.69, 9.17) is 10.2 Å². The summed E-state index contributed by atoms with van der Waals surface area (Å²) in [5.74, 6) is -3.98. The average Bonchev–Trinajstić information content (AvgIpc) is 2.36. The van der Waals surface area contributed by atoms with E-state index in [9.17, 15) is 18.8 Å². The van der Waals surface area contributed by atoms with Gasteiger partial charge in [0.25, 0.3) is 5.91 Å². The summed E-state index contributed by atoms with van der Waals surface area (Å²) in [5.41, 5.74) is -0.0634. The summed E-state index contributed by atoms with van der Waals surface area (Å²) in [6.07, 6.45) is -0.662. The van der Waals surface area contributed by atoms with Crippen molar-refractivity contribution < 1.29 is 29.0 Å². The standard InChI is InChI=1S/C12H11BrFNO5/c13-10-6(2-1-3-7(10)14)11(18)15-8(12(19)20)4-5-9(16)17/h1-3,8H,4-5H2,(H,15,18)(H,16,17)(H,19,20)/t8-/m0/s1. The number of amides is 1. The van der Waals surface area contributed by atoms with Crippen LogP contribution >= 0.6 is 15.9 Å². The van der Waals surface area contributed by atoms with E-state index in [0.717, 1.165) is 6.07 Å². The zero-order valence-electron chi connectivity index (χ0n) is 10.1. The molecule has 0 aliphatic rings. The predicted molar refractivity (Wildman–Crippen MR) is 69.9 cm³/mol. The van der Waals surface area contributed by atoms with Crippen molar-refractivity contribution in [3.8, 4) is 0 Å². The van der Waals surface area contributed by atoms with Crippen LogP contribution in [0.15, 0.2) is 22.7 Å². The molecule has 0 saturated heterocycles. The van der Waals surface area contributed by atoms with Crippen molar-refractivity contribution in [2.75, 3.05) is 0 Å². The summed E-state index contributed by atoms with van der Waals surface area (Å²) in [6.45, 7) is 0. The maximum atomic E-state index is 13.3. The lowest BCUT2D eigenvalue weighted by Crippen LogP contribution is -2.41. The SMILES string of the molecule is O=C(O)CC[C@H](NC(=O)c1cccc(F)c1Br)C(=O)O. The maximum absolute atomic E-state index is 13.3. The van der Waals surface area contributed by atoms with Crippen LogP contribution in [0.3, 0.4) is 0 Å². The van der Waals surface area contributed by atoms with Crippen LogP contribution in [0.25, 0.3) is 0 Å². The Kier molecular flexibility index (Phi) is 5.63. The lowest BCUT2D eigenvalue weighted by molar-refractivity contribution is -0.140. The molecule has 20 heavy (non-hydrogen) atoms.